The van der Waals surface area contributed by atoms with E-state index in [1.807, 2.05) is 22.6 Å². The maximum Gasteiger partial charge on any atom is 0.282 e. The van der Waals surface area contributed by atoms with Crippen LogP contribution in [0.4, 0.5) is 5.69 Å². The Labute approximate surface area is 78.5 Å². The van der Waals surface area contributed by atoms with Crippen LogP contribution in [0.2, 0.25) is 0 Å². The summed E-state index contributed by atoms with van der Waals surface area (Å²) in [6.45, 7) is 0. The van der Waals surface area contributed by atoms with Crippen molar-refractivity contribution >= 4 is 41.6 Å². The SMILES string of the molecule is [B]c1ccc([N+](=O)[O-])c(I)c1. The average molecular weight is 259 g/mol. The zero-order valence-electron chi connectivity index (χ0n) is 5.45. The van der Waals surface area contributed by atoms with Crippen LogP contribution in [0.1, 0.15) is 0 Å². The molecule has 1 aromatic rings. The summed E-state index contributed by atoms with van der Waals surface area (Å²) in [5, 5.41) is 10.3. The van der Waals surface area contributed by atoms with Crippen LogP contribution in [0.25, 0.3) is 0 Å². The van der Waals surface area contributed by atoms with Crippen molar-refractivity contribution in [1.29, 1.82) is 0 Å². The van der Waals surface area contributed by atoms with E-state index in [0.717, 1.165) is 0 Å². The zero-order chi connectivity index (χ0) is 8.43. The molecule has 0 spiro atoms. The minimum atomic E-state index is -0.429. The number of nitrogens with zero attached hydrogens (tertiary/aromatic N) is 1. The van der Waals surface area contributed by atoms with Crippen LogP contribution in [0, 0.1) is 13.7 Å². The number of benzene rings is 1. The van der Waals surface area contributed by atoms with Crippen molar-refractivity contribution in [2.45, 2.75) is 0 Å². The van der Waals surface area contributed by atoms with Crippen molar-refractivity contribution in [2.75, 3.05) is 0 Å². The van der Waals surface area contributed by atoms with Gasteiger partial charge in [-0.1, -0.05) is 11.5 Å². The molecular weight excluding hydrogens is 256 g/mol. The Morgan fingerprint density at radius 1 is 1.55 bits per heavy atom. The molecule has 0 aromatic heterocycles. The minimum absolute atomic E-state index is 0.0970. The monoisotopic (exact) mass is 259 g/mol. The van der Waals surface area contributed by atoms with Crippen LogP contribution < -0.4 is 5.46 Å². The topological polar surface area (TPSA) is 43.1 Å². The maximum atomic E-state index is 10.3. The summed E-state index contributed by atoms with van der Waals surface area (Å²) in [5.74, 6) is 0. The molecule has 5 heteroatoms. The van der Waals surface area contributed by atoms with Crippen molar-refractivity contribution in [3.8, 4) is 0 Å². The minimum Gasteiger partial charge on any atom is -0.258 e. The quantitative estimate of drug-likeness (QED) is 0.326. The second-order valence-corrected chi connectivity index (χ2v) is 3.13. The lowest BCUT2D eigenvalue weighted by Crippen LogP contribution is -2.03. The molecule has 0 unspecified atom stereocenters. The Morgan fingerprint density at radius 3 is 2.64 bits per heavy atom. The summed E-state index contributed by atoms with van der Waals surface area (Å²) < 4.78 is 0.563. The summed E-state index contributed by atoms with van der Waals surface area (Å²) in [6.07, 6.45) is 0. The van der Waals surface area contributed by atoms with Gasteiger partial charge in [0.05, 0.1) is 8.49 Å². The molecule has 0 bridgehead atoms. The lowest BCUT2D eigenvalue weighted by atomic mass is 9.96. The molecule has 0 N–H and O–H groups in total. The van der Waals surface area contributed by atoms with Crippen LogP contribution in [-0.4, -0.2) is 12.8 Å². The van der Waals surface area contributed by atoms with Crippen LogP contribution in [-0.2, 0) is 0 Å². The molecule has 0 aliphatic carbocycles. The van der Waals surface area contributed by atoms with E-state index in [9.17, 15) is 10.1 Å². The van der Waals surface area contributed by atoms with E-state index in [0.29, 0.717) is 9.03 Å². The molecule has 0 saturated carbocycles. The molecule has 0 aliphatic rings. The third kappa shape index (κ3) is 1.92. The summed E-state index contributed by atoms with van der Waals surface area (Å²) in [6, 6.07) is 4.48. The van der Waals surface area contributed by atoms with Gasteiger partial charge in [0, 0.05) is 6.07 Å². The van der Waals surface area contributed by atoms with Gasteiger partial charge in [0.15, 0.2) is 0 Å². The predicted octanol–water partition coefficient (Wildman–Crippen LogP) is 0.993. The van der Waals surface area contributed by atoms with Crippen LogP contribution in [0.5, 0.6) is 0 Å². The molecule has 0 amide bonds. The molecule has 54 valence electrons. The highest BCUT2D eigenvalue weighted by atomic mass is 127. The van der Waals surface area contributed by atoms with E-state index in [2.05, 4.69) is 0 Å². The highest BCUT2D eigenvalue weighted by molar-refractivity contribution is 14.1. The smallest absolute Gasteiger partial charge is 0.258 e. The Hall–Kier alpha value is -0.585. The molecule has 0 atom stereocenters. The summed E-state index contributed by atoms with van der Waals surface area (Å²) >= 11 is 1.88. The largest absolute Gasteiger partial charge is 0.282 e. The molecule has 11 heavy (non-hydrogen) atoms. The highest BCUT2D eigenvalue weighted by Crippen LogP contribution is 2.17. The lowest BCUT2D eigenvalue weighted by Gasteiger charge is -1.95. The molecule has 0 heterocycles. The fraction of sp³-hybridized carbons (Fsp3) is 0. The first-order chi connectivity index (χ1) is 5.11. The zero-order valence-corrected chi connectivity index (χ0v) is 7.61. The second kappa shape index (κ2) is 3.21. The van der Waals surface area contributed by atoms with E-state index in [-0.39, 0.29) is 5.69 Å². The van der Waals surface area contributed by atoms with Gasteiger partial charge in [-0.25, -0.2) is 0 Å². The van der Waals surface area contributed by atoms with Gasteiger partial charge in [0.2, 0.25) is 0 Å². The number of hydrogen-bond acceptors (Lipinski definition) is 2. The van der Waals surface area contributed by atoms with Gasteiger partial charge in [0.25, 0.3) is 5.69 Å². The molecule has 0 fully saturated rings. The molecule has 2 radical (unpaired) electrons. The van der Waals surface area contributed by atoms with Crippen molar-refractivity contribution in [3.05, 3.63) is 31.9 Å². The van der Waals surface area contributed by atoms with E-state index in [1.54, 1.807) is 6.07 Å². The van der Waals surface area contributed by atoms with Gasteiger partial charge in [-0.05, 0) is 28.7 Å². The molecule has 3 nitrogen and oxygen atoms in total. The van der Waals surface area contributed by atoms with Gasteiger partial charge in [0.1, 0.15) is 7.85 Å². The van der Waals surface area contributed by atoms with E-state index in [1.165, 1.54) is 12.1 Å². The number of nitro benzene ring substituents is 1. The maximum absolute atomic E-state index is 10.3. The third-order valence-electron chi connectivity index (χ3n) is 1.17. The Kier molecular flexibility index (Phi) is 2.48. The first-order valence-electron chi connectivity index (χ1n) is 2.80. The number of halogens is 1. The van der Waals surface area contributed by atoms with Crippen LogP contribution in [0.15, 0.2) is 18.2 Å². The Bertz CT molecular complexity index is 303. The van der Waals surface area contributed by atoms with Crippen molar-refractivity contribution in [1.82, 2.24) is 0 Å². The fourth-order valence-corrected chi connectivity index (χ4v) is 1.41. The number of hydrogen-bond donors (Lipinski definition) is 0. The van der Waals surface area contributed by atoms with Gasteiger partial charge in [-0.3, -0.25) is 10.1 Å². The van der Waals surface area contributed by atoms with Gasteiger partial charge >= 0.3 is 0 Å². The second-order valence-electron chi connectivity index (χ2n) is 1.97. The Balaban J connectivity index is 3.20. The summed E-state index contributed by atoms with van der Waals surface area (Å²) in [7, 11) is 5.40. The van der Waals surface area contributed by atoms with Crippen molar-refractivity contribution < 1.29 is 4.92 Å². The van der Waals surface area contributed by atoms with Gasteiger partial charge in [-0.2, -0.15) is 0 Å². The first-order valence-corrected chi connectivity index (χ1v) is 3.88. The van der Waals surface area contributed by atoms with Gasteiger partial charge in [-0.15, -0.1) is 0 Å². The standard InChI is InChI=1S/C6H3BINO2/c7-4-1-2-6(9(10)11)5(8)3-4/h1-3H. The fourth-order valence-electron chi connectivity index (χ4n) is 0.671. The molecular formula is C6H3BINO2. The van der Waals surface area contributed by atoms with Crippen LogP contribution in [0.3, 0.4) is 0 Å². The van der Waals surface area contributed by atoms with Crippen molar-refractivity contribution in [2.24, 2.45) is 0 Å². The summed E-state index contributed by atoms with van der Waals surface area (Å²) in [5.41, 5.74) is 0.639. The van der Waals surface area contributed by atoms with Crippen molar-refractivity contribution in [3.63, 3.8) is 0 Å². The van der Waals surface area contributed by atoms with E-state index in [4.69, 9.17) is 7.85 Å². The average Bonchev–Trinajstić information content (AvgIpc) is 1.85. The number of nitro groups is 1. The summed E-state index contributed by atoms with van der Waals surface area (Å²) in [4.78, 5) is 9.86. The third-order valence-corrected chi connectivity index (χ3v) is 2.03. The predicted molar refractivity (Wildman–Crippen MR) is 51.2 cm³/mol. The highest BCUT2D eigenvalue weighted by Gasteiger charge is 2.09. The normalized spacial score (nSPS) is 9.55. The molecule has 1 aromatic carbocycles. The Morgan fingerprint density at radius 2 is 2.18 bits per heavy atom. The number of rotatable bonds is 1. The lowest BCUT2D eigenvalue weighted by molar-refractivity contribution is -0.385. The van der Waals surface area contributed by atoms with Crippen LogP contribution >= 0.6 is 22.6 Å². The van der Waals surface area contributed by atoms with E-state index >= 15 is 0 Å². The van der Waals surface area contributed by atoms with Gasteiger partial charge < -0.3 is 0 Å². The van der Waals surface area contributed by atoms with E-state index < -0.39 is 4.92 Å². The molecule has 1 rings (SSSR count). The molecule has 0 aliphatic heterocycles. The molecule has 0 saturated heterocycles. The first kappa shape index (κ1) is 8.51.